The number of aromatic hydroxyl groups is 1. The molecule has 4 N–H and O–H groups in total. The lowest BCUT2D eigenvalue weighted by atomic mass is 10.1. The van der Waals surface area contributed by atoms with E-state index in [4.69, 9.17) is 5.11 Å². The van der Waals surface area contributed by atoms with Crippen molar-refractivity contribution in [3.63, 3.8) is 0 Å². The summed E-state index contributed by atoms with van der Waals surface area (Å²) in [4.78, 5) is 36.0. The standard InChI is InChI=1S/C19H20N2O6/c22-15-6-3-13(4-7-15)5-8-17(23)20-16(19(26)27)9-11-21-10-1-2-14(12-21)18(24)25/h1-8,10,16,22H,9,11-12H2,(H,20,23)(H,24,25)(H,26,27). The largest absolute Gasteiger partial charge is 0.508 e. The van der Waals surface area contributed by atoms with Gasteiger partial charge in [0.05, 0.1) is 5.57 Å². The number of carbonyl (C=O) groups is 3. The fraction of sp³-hybridized carbons (Fsp3) is 0.211. The molecule has 0 saturated heterocycles. The van der Waals surface area contributed by atoms with E-state index < -0.39 is 23.9 Å². The molecule has 2 rings (SSSR count). The number of benzene rings is 1. The summed E-state index contributed by atoms with van der Waals surface area (Å²) in [6.45, 7) is 0.451. The number of phenolic OH excluding ortho intramolecular Hbond substituents is 1. The number of allylic oxidation sites excluding steroid dienone is 2. The average molecular weight is 372 g/mol. The quantitative estimate of drug-likeness (QED) is 0.505. The van der Waals surface area contributed by atoms with E-state index in [1.807, 2.05) is 0 Å². The number of nitrogens with zero attached hydrogens (tertiary/aromatic N) is 1. The van der Waals surface area contributed by atoms with Crippen molar-refractivity contribution in [3.05, 3.63) is 59.8 Å². The van der Waals surface area contributed by atoms with E-state index in [-0.39, 0.29) is 30.8 Å². The summed E-state index contributed by atoms with van der Waals surface area (Å²) in [6, 6.07) is 5.08. The van der Waals surface area contributed by atoms with Gasteiger partial charge in [0.1, 0.15) is 11.8 Å². The van der Waals surface area contributed by atoms with Crippen LogP contribution in [-0.4, -0.2) is 57.2 Å². The van der Waals surface area contributed by atoms with Crippen LogP contribution in [-0.2, 0) is 14.4 Å². The van der Waals surface area contributed by atoms with Crippen molar-refractivity contribution in [2.45, 2.75) is 12.5 Å². The van der Waals surface area contributed by atoms with E-state index in [1.54, 1.807) is 29.3 Å². The molecule has 1 unspecified atom stereocenters. The summed E-state index contributed by atoms with van der Waals surface area (Å²) >= 11 is 0. The first-order valence-electron chi connectivity index (χ1n) is 8.20. The zero-order chi connectivity index (χ0) is 19.8. The molecule has 1 heterocycles. The summed E-state index contributed by atoms with van der Waals surface area (Å²) in [5.41, 5.74) is 0.895. The van der Waals surface area contributed by atoms with Crippen LogP contribution in [0.5, 0.6) is 5.75 Å². The zero-order valence-electron chi connectivity index (χ0n) is 14.4. The molecule has 27 heavy (non-hydrogen) atoms. The SMILES string of the molecule is O=C(C=Cc1ccc(O)cc1)NC(CCN1C=CC=C(C(=O)O)C1)C(=O)O. The van der Waals surface area contributed by atoms with Crippen molar-refractivity contribution in [2.24, 2.45) is 0 Å². The van der Waals surface area contributed by atoms with Crippen molar-refractivity contribution in [3.8, 4) is 5.75 Å². The van der Waals surface area contributed by atoms with Gasteiger partial charge in [-0.05, 0) is 48.5 Å². The van der Waals surface area contributed by atoms with Gasteiger partial charge in [-0.1, -0.05) is 12.1 Å². The summed E-state index contributed by atoms with van der Waals surface area (Å²) in [5, 5.41) is 29.9. The summed E-state index contributed by atoms with van der Waals surface area (Å²) in [7, 11) is 0. The van der Waals surface area contributed by atoms with Crippen molar-refractivity contribution in [1.29, 1.82) is 0 Å². The first-order chi connectivity index (χ1) is 12.8. The lowest BCUT2D eigenvalue weighted by molar-refractivity contribution is -0.141. The number of amides is 1. The van der Waals surface area contributed by atoms with Crippen molar-refractivity contribution in [1.82, 2.24) is 10.2 Å². The Labute approximate surface area is 155 Å². The molecular weight excluding hydrogens is 352 g/mol. The van der Waals surface area contributed by atoms with Gasteiger partial charge in [0.2, 0.25) is 5.91 Å². The Balaban J connectivity index is 1.88. The number of carboxylic acid groups (broad SMARTS) is 2. The highest BCUT2D eigenvalue weighted by atomic mass is 16.4. The van der Waals surface area contributed by atoms with Gasteiger partial charge in [0.25, 0.3) is 0 Å². The Morgan fingerprint density at radius 3 is 2.52 bits per heavy atom. The minimum absolute atomic E-state index is 0.107. The molecule has 8 heteroatoms. The molecule has 0 bridgehead atoms. The molecule has 1 atom stereocenters. The normalized spacial score (nSPS) is 14.7. The number of hydrogen-bond acceptors (Lipinski definition) is 5. The molecule has 142 valence electrons. The molecule has 1 amide bonds. The van der Waals surface area contributed by atoms with E-state index in [9.17, 15) is 24.6 Å². The van der Waals surface area contributed by atoms with E-state index in [0.717, 1.165) is 0 Å². The highest BCUT2D eigenvalue weighted by Gasteiger charge is 2.21. The first-order valence-corrected chi connectivity index (χ1v) is 8.20. The van der Waals surface area contributed by atoms with E-state index in [0.29, 0.717) is 5.56 Å². The zero-order valence-corrected chi connectivity index (χ0v) is 14.4. The highest BCUT2D eigenvalue weighted by Crippen LogP contribution is 2.11. The van der Waals surface area contributed by atoms with Crippen LogP contribution in [0.2, 0.25) is 0 Å². The number of nitrogens with one attached hydrogen (secondary N) is 1. The monoisotopic (exact) mass is 372 g/mol. The summed E-state index contributed by atoms with van der Waals surface area (Å²) < 4.78 is 0. The molecule has 1 aliphatic rings. The maximum absolute atomic E-state index is 12.0. The third-order valence-electron chi connectivity index (χ3n) is 3.88. The van der Waals surface area contributed by atoms with Crippen molar-refractivity contribution >= 4 is 23.9 Å². The van der Waals surface area contributed by atoms with E-state index in [1.165, 1.54) is 30.4 Å². The minimum atomic E-state index is -1.17. The molecule has 0 saturated carbocycles. The summed E-state index contributed by atoms with van der Waals surface area (Å²) in [6.07, 6.45) is 7.59. The Morgan fingerprint density at radius 1 is 1.19 bits per heavy atom. The molecule has 0 spiro atoms. The lowest BCUT2D eigenvalue weighted by Gasteiger charge is -2.24. The van der Waals surface area contributed by atoms with Gasteiger partial charge in [-0.25, -0.2) is 9.59 Å². The second-order valence-electron chi connectivity index (χ2n) is 5.92. The van der Waals surface area contributed by atoms with Crippen LogP contribution in [0.4, 0.5) is 0 Å². The molecule has 1 aromatic carbocycles. The molecule has 0 radical (unpaired) electrons. The number of aliphatic carboxylic acids is 2. The third-order valence-corrected chi connectivity index (χ3v) is 3.88. The number of rotatable bonds is 8. The van der Waals surface area contributed by atoms with Crippen LogP contribution in [0.3, 0.4) is 0 Å². The van der Waals surface area contributed by atoms with Gasteiger partial charge in [-0.3, -0.25) is 4.79 Å². The highest BCUT2D eigenvalue weighted by molar-refractivity contribution is 5.94. The number of hydrogen-bond donors (Lipinski definition) is 4. The predicted octanol–water partition coefficient (Wildman–Crippen LogP) is 1.21. The molecule has 0 aromatic heterocycles. The second-order valence-corrected chi connectivity index (χ2v) is 5.92. The Hall–Kier alpha value is -3.55. The van der Waals surface area contributed by atoms with Gasteiger partial charge in [0.15, 0.2) is 0 Å². The Kier molecular flexibility index (Phi) is 6.76. The molecule has 0 aliphatic carbocycles. The predicted molar refractivity (Wildman–Crippen MR) is 97.8 cm³/mol. The first kappa shape index (κ1) is 19.8. The van der Waals surface area contributed by atoms with Crippen molar-refractivity contribution < 1.29 is 29.7 Å². The topological polar surface area (TPSA) is 127 Å². The van der Waals surface area contributed by atoms with Crippen LogP contribution in [0.1, 0.15) is 12.0 Å². The average Bonchev–Trinajstić information content (AvgIpc) is 2.64. The number of carbonyl (C=O) groups excluding carboxylic acids is 1. The minimum Gasteiger partial charge on any atom is -0.508 e. The Morgan fingerprint density at radius 2 is 1.89 bits per heavy atom. The third kappa shape index (κ3) is 6.35. The van der Waals surface area contributed by atoms with Gasteiger partial charge < -0.3 is 25.5 Å². The number of carboxylic acids is 2. The molecule has 0 fully saturated rings. The maximum atomic E-state index is 12.0. The molecule has 8 nitrogen and oxygen atoms in total. The van der Waals surface area contributed by atoms with Gasteiger partial charge in [-0.15, -0.1) is 0 Å². The fourth-order valence-electron chi connectivity index (χ4n) is 2.43. The van der Waals surface area contributed by atoms with E-state index >= 15 is 0 Å². The fourth-order valence-corrected chi connectivity index (χ4v) is 2.43. The second kappa shape index (κ2) is 9.23. The Bertz CT molecular complexity index is 795. The van der Waals surface area contributed by atoms with Crippen LogP contribution in [0, 0.1) is 0 Å². The van der Waals surface area contributed by atoms with Crippen LogP contribution in [0.15, 0.2) is 54.3 Å². The van der Waals surface area contributed by atoms with Crippen molar-refractivity contribution in [2.75, 3.05) is 13.1 Å². The van der Waals surface area contributed by atoms with Crippen LogP contribution in [0.25, 0.3) is 6.08 Å². The maximum Gasteiger partial charge on any atom is 0.333 e. The van der Waals surface area contributed by atoms with Crippen LogP contribution < -0.4 is 5.32 Å². The summed E-state index contributed by atoms with van der Waals surface area (Å²) in [5.74, 6) is -2.64. The van der Waals surface area contributed by atoms with Gasteiger partial charge in [-0.2, -0.15) is 0 Å². The smallest absolute Gasteiger partial charge is 0.333 e. The molecule has 1 aliphatic heterocycles. The van der Waals surface area contributed by atoms with Gasteiger partial charge in [0, 0.05) is 19.2 Å². The number of phenols is 1. The lowest BCUT2D eigenvalue weighted by Crippen LogP contribution is -2.42. The van der Waals surface area contributed by atoms with Crippen LogP contribution >= 0.6 is 0 Å². The molecular formula is C19H20N2O6. The van der Waals surface area contributed by atoms with E-state index in [2.05, 4.69) is 5.32 Å². The molecule has 1 aromatic rings. The van der Waals surface area contributed by atoms with Gasteiger partial charge >= 0.3 is 11.9 Å².